The Morgan fingerprint density at radius 3 is 2.63 bits per heavy atom. The van der Waals surface area contributed by atoms with Gasteiger partial charge in [0.2, 0.25) is 5.75 Å². The SMILES string of the molecule is Cc1cc(Oc2cc(F)ccc2[N+](=O)[O-])ccc1Br. The average Bonchev–Trinajstić information content (AvgIpc) is 2.33. The summed E-state index contributed by atoms with van der Waals surface area (Å²) in [6.07, 6.45) is 0. The van der Waals surface area contributed by atoms with Crippen LogP contribution in [0.4, 0.5) is 10.1 Å². The van der Waals surface area contributed by atoms with E-state index < -0.39 is 10.7 Å². The second-order valence-electron chi connectivity index (χ2n) is 3.88. The third kappa shape index (κ3) is 3.08. The molecule has 0 atom stereocenters. The molecule has 4 nitrogen and oxygen atoms in total. The molecule has 0 saturated carbocycles. The van der Waals surface area contributed by atoms with Gasteiger partial charge in [0, 0.05) is 16.6 Å². The Kier molecular flexibility index (Phi) is 3.80. The largest absolute Gasteiger partial charge is 0.450 e. The molecule has 0 aliphatic carbocycles. The van der Waals surface area contributed by atoms with Crippen LogP contribution in [0.15, 0.2) is 40.9 Å². The molecule has 0 aliphatic heterocycles. The molecule has 0 aromatic heterocycles. The van der Waals surface area contributed by atoms with Crippen LogP contribution in [0.1, 0.15) is 5.56 Å². The number of benzene rings is 2. The van der Waals surface area contributed by atoms with Gasteiger partial charge in [0.15, 0.2) is 0 Å². The van der Waals surface area contributed by atoms with Crippen molar-refractivity contribution in [2.75, 3.05) is 0 Å². The molecule has 2 rings (SSSR count). The molecule has 2 aromatic rings. The van der Waals surface area contributed by atoms with Gasteiger partial charge in [-0.1, -0.05) is 15.9 Å². The summed E-state index contributed by atoms with van der Waals surface area (Å²) in [5.41, 5.74) is 0.638. The maximum Gasteiger partial charge on any atom is 0.311 e. The third-order valence-electron chi connectivity index (χ3n) is 2.48. The molecular formula is C13H9BrFNO3. The Balaban J connectivity index is 2.39. The van der Waals surface area contributed by atoms with Crippen LogP contribution in [-0.2, 0) is 0 Å². The lowest BCUT2D eigenvalue weighted by atomic mass is 10.2. The summed E-state index contributed by atoms with van der Waals surface area (Å²) in [7, 11) is 0. The molecular weight excluding hydrogens is 317 g/mol. The summed E-state index contributed by atoms with van der Waals surface area (Å²) in [6.45, 7) is 1.86. The van der Waals surface area contributed by atoms with Crippen molar-refractivity contribution in [3.05, 3.63) is 62.4 Å². The van der Waals surface area contributed by atoms with E-state index in [4.69, 9.17) is 4.74 Å². The molecule has 0 heterocycles. The van der Waals surface area contributed by atoms with E-state index in [2.05, 4.69) is 15.9 Å². The fourth-order valence-corrected chi connectivity index (χ4v) is 1.77. The molecule has 0 aliphatic rings. The first-order chi connectivity index (χ1) is 8.97. The number of aryl methyl sites for hydroxylation is 1. The smallest absolute Gasteiger partial charge is 0.311 e. The lowest BCUT2D eigenvalue weighted by Crippen LogP contribution is -1.94. The van der Waals surface area contributed by atoms with E-state index in [0.717, 1.165) is 28.2 Å². The van der Waals surface area contributed by atoms with Crippen LogP contribution in [0.3, 0.4) is 0 Å². The second kappa shape index (κ2) is 5.36. The van der Waals surface area contributed by atoms with E-state index in [9.17, 15) is 14.5 Å². The lowest BCUT2D eigenvalue weighted by Gasteiger charge is -2.08. The monoisotopic (exact) mass is 325 g/mol. The van der Waals surface area contributed by atoms with Crippen molar-refractivity contribution in [3.8, 4) is 11.5 Å². The van der Waals surface area contributed by atoms with Crippen molar-refractivity contribution in [1.29, 1.82) is 0 Å². The van der Waals surface area contributed by atoms with Crippen molar-refractivity contribution in [2.45, 2.75) is 6.92 Å². The third-order valence-corrected chi connectivity index (χ3v) is 3.37. The number of rotatable bonds is 3. The highest BCUT2D eigenvalue weighted by Gasteiger charge is 2.16. The quantitative estimate of drug-likeness (QED) is 0.612. The van der Waals surface area contributed by atoms with Gasteiger partial charge in [-0.3, -0.25) is 10.1 Å². The highest BCUT2D eigenvalue weighted by Crippen LogP contribution is 2.33. The number of hydrogen-bond acceptors (Lipinski definition) is 3. The Hall–Kier alpha value is -1.95. The summed E-state index contributed by atoms with van der Waals surface area (Å²) in [5, 5.41) is 10.8. The van der Waals surface area contributed by atoms with Crippen molar-refractivity contribution < 1.29 is 14.1 Å². The Morgan fingerprint density at radius 1 is 1.26 bits per heavy atom. The van der Waals surface area contributed by atoms with Gasteiger partial charge in [-0.15, -0.1) is 0 Å². The first-order valence-electron chi connectivity index (χ1n) is 5.35. The number of halogens is 2. The van der Waals surface area contributed by atoms with Crippen LogP contribution in [0.2, 0.25) is 0 Å². The molecule has 98 valence electrons. The summed E-state index contributed by atoms with van der Waals surface area (Å²) in [5.74, 6) is -0.296. The maximum absolute atomic E-state index is 13.1. The number of hydrogen-bond donors (Lipinski definition) is 0. The zero-order chi connectivity index (χ0) is 14.0. The van der Waals surface area contributed by atoms with Crippen LogP contribution in [-0.4, -0.2) is 4.92 Å². The number of nitro benzene ring substituents is 1. The molecule has 0 fully saturated rings. The summed E-state index contributed by atoms with van der Waals surface area (Å²) >= 11 is 3.34. The van der Waals surface area contributed by atoms with E-state index in [0.29, 0.717) is 5.75 Å². The molecule has 0 bridgehead atoms. The van der Waals surface area contributed by atoms with Crippen molar-refractivity contribution in [2.24, 2.45) is 0 Å². The molecule has 0 saturated heterocycles. The van der Waals surface area contributed by atoms with Crippen LogP contribution in [0.25, 0.3) is 0 Å². The maximum atomic E-state index is 13.1. The lowest BCUT2D eigenvalue weighted by molar-refractivity contribution is -0.385. The minimum Gasteiger partial charge on any atom is -0.450 e. The van der Waals surface area contributed by atoms with Gasteiger partial charge in [0.1, 0.15) is 11.6 Å². The minimum absolute atomic E-state index is 0.119. The van der Waals surface area contributed by atoms with Crippen molar-refractivity contribution >= 4 is 21.6 Å². The standard InChI is InChI=1S/C13H9BrFNO3/c1-8-6-10(3-4-11(8)14)19-13-7-9(15)2-5-12(13)16(17)18/h2-7H,1H3. The highest BCUT2D eigenvalue weighted by molar-refractivity contribution is 9.10. The fraction of sp³-hybridized carbons (Fsp3) is 0.0769. The van der Waals surface area contributed by atoms with Crippen LogP contribution >= 0.6 is 15.9 Å². The number of nitro groups is 1. The van der Waals surface area contributed by atoms with Crippen LogP contribution in [0, 0.1) is 22.9 Å². The fourth-order valence-electron chi connectivity index (χ4n) is 1.53. The van der Waals surface area contributed by atoms with Gasteiger partial charge in [0.25, 0.3) is 0 Å². The Bertz CT molecular complexity index is 646. The van der Waals surface area contributed by atoms with Gasteiger partial charge in [0.05, 0.1) is 4.92 Å². The summed E-state index contributed by atoms with van der Waals surface area (Å²) < 4.78 is 19.4. The molecule has 19 heavy (non-hydrogen) atoms. The molecule has 2 aromatic carbocycles. The highest BCUT2D eigenvalue weighted by atomic mass is 79.9. The van der Waals surface area contributed by atoms with Gasteiger partial charge in [-0.2, -0.15) is 0 Å². The van der Waals surface area contributed by atoms with Crippen molar-refractivity contribution in [1.82, 2.24) is 0 Å². The first-order valence-corrected chi connectivity index (χ1v) is 6.14. The van der Waals surface area contributed by atoms with Gasteiger partial charge in [-0.25, -0.2) is 4.39 Å². The van der Waals surface area contributed by atoms with Gasteiger partial charge >= 0.3 is 5.69 Å². The normalized spacial score (nSPS) is 10.3. The number of ether oxygens (including phenoxy) is 1. The van der Waals surface area contributed by atoms with Crippen LogP contribution in [0.5, 0.6) is 11.5 Å². The first kappa shape index (κ1) is 13.5. The summed E-state index contributed by atoms with van der Waals surface area (Å²) in [4.78, 5) is 10.2. The zero-order valence-electron chi connectivity index (χ0n) is 9.89. The van der Waals surface area contributed by atoms with E-state index >= 15 is 0 Å². The van der Waals surface area contributed by atoms with Crippen LogP contribution < -0.4 is 4.74 Å². The molecule has 0 N–H and O–H groups in total. The average molecular weight is 326 g/mol. The Labute approximate surface area is 117 Å². The Morgan fingerprint density at radius 2 is 2.00 bits per heavy atom. The molecule has 0 radical (unpaired) electrons. The minimum atomic E-state index is -0.611. The predicted octanol–water partition coefficient (Wildman–Crippen LogP) is 4.60. The topological polar surface area (TPSA) is 52.4 Å². The van der Waals surface area contributed by atoms with E-state index in [-0.39, 0.29) is 11.4 Å². The van der Waals surface area contributed by atoms with E-state index in [1.807, 2.05) is 6.92 Å². The second-order valence-corrected chi connectivity index (χ2v) is 4.74. The van der Waals surface area contributed by atoms with E-state index in [1.165, 1.54) is 0 Å². The molecule has 0 unspecified atom stereocenters. The number of nitrogens with zero attached hydrogens (tertiary/aromatic N) is 1. The molecule has 0 amide bonds. The molecule has 0 spiro atoms. The summed E-state index contributed by atoms with van der Waals surface area (Å²) in [6, 6.07) is 8.21. The van der Waals surface area contributed by atoms with Gasteiger partial charge in [-0.05, 0) is 36.8 Å². The molecule has 6 heteroatoms. The van der Waals surface area contributed by atoms with Gasteiger partial charge < -0.3 is 4.74 Å². The van der Waals surface area contributed by atoms with Crippen molar-refractivity contribution in [3.63, 3.8) is 0 Å². The predicted molar refractivity (Wildman–Crippen MR) is 72.0 cm³/mol. The van der Waals surface area contributed by atoms with E-state index in [1.54, 1.807) is 18.2 Å². The zero-order valence-corrected chi connectivity index (χ0v) is 11.5.